The van der Waals surface area contributed by atoms with Crippen LogP contribution in [0.15, 0.2) is 24.3 Å². The van der Waals surface area contributed by atoms with Crippen LogP contribution in [0.25, 0.3) is 0 Å². The van der Waals surface area contributed by atoms with Gasteiger partial charge in [-0.05, 0) is 24.6 Å². The van der Waals surface area contributed by atoms with E-state index in [4.69, 9.17) is 4.74 Å². The van der Waals surface area contributed by atoms with Crippen molar-refractivity contribution in [2.24, 2.45) is 0 Å². The van der Waals surface area contributed by atoms with Gasteiger partial charge in [-0.25, -0.2) is 0 Å². The number of benzene rings is 1. The van der Waals surface area contributed by atoms with E-state index in [1.54, 1.807) is 24.3 Å². The van der Waals surface area contributed by atoms with Gasteiger partial charge in [-0.1, -0.05) is 103 Å². The number of ether oxygens (including phenoxy) is 1. The summed E-state index contributed by atoms with van der Waals surface area (Å²) < 4.78 is 5.27. The second kappa shape index (κ2) is 16.2. The Kier molecular flexibility index (Phi) is 14.1. The molecule has 0 heterocycles. The van der Waals surface area contributed by atoms with Gasteiger partial charge in [0.2, 0.25) is 0 Å². The van der Waals surface area contributed by atoms with Gasteiger partial charge in [-0.15, -0.1) is 0 Å². The van der Waals surface area contributed by atoms with Gasteiger partial charge in [0.15, 0.2) is 0 Å². The van der Waals surface area contributed by atoms with E-state index in [-0.39, 0.29) is 5.97 Å². The number of hydrogen-bond donors (Lipinski definition) is 0. The van der Waals surface area contributed by atoms with Crippen molar-refractivity contribution < 1.29 is 9.53 Å². The summed E-state index contributed by atoms with van der Waals surface area (Å²) >= 11 is 0. The Balaban J connectivity index is 1.79. The number of carbonyl (C=O) groups excluding carboxylic acids is 1. The van der Waals surface area contributed by atoms with E-state index in [0.717, 1.165) is 12.8 Å². The summed E-state index contributed by atoms with van der Waals surface area (Å²) in [5, 5.41) is 0. The highest BCUT2D eigenvalue weighted by Crippen LogP contribution is 2.14. The quantitative estimate of drug-likeness (QED) is 0.179. The lowest BCUT2D eigenvalue weighted by molar-refractivity contribution is -0.134. The number of carbonyl (C=O) groups is 1. The summed E-state index contributed by atoms with van der Waals surface area (Å²) in [6, 6.07) is 9.96. The first-order valence-electron chi connectivity index (χ1n) is 10.5. The van der Waals surface area contributed by atoms with Crippen molar-refractivity contribution >= 4 is 5.97 Å². The highest BCUT2D eigenvalue weighted by atomic mass is 16.5. The fraction of sp³-hybridized carbons (Fsp3) is 0.696. The lowest BCUT2D eigenvalue weighted by Crippen LogP contribution is -2.07. The lowest BCUT2D eigenvalue weighted by Gasteiger charge is -2.04. The zero-order valence-electron chi connectivity index (χ0n) is 16.2. The van der Waals surface area contributed by atoms with Crippen LogP contribution in [0.5, 0.6) is 5.75 Å². The molecule has 0 aliphatic heterocycles. The van der Waals surface area contributed by atoms with E-state index in [1.165, 1.54) is 77.0 Å². The zero-order chi connectivity index (χ0) is 18.0. The number of unbranched alkanes of at least 4 members (excludes halogenated alkanes) is 13. The Hall–Kier alpha value is -1.31. The molecule has 0 N–H and O–H groups in total. The minimum Gasteiger partial charge on any atom is -0.427 e. The Labute approximate surface area is 155 Å². The molecule has 0 saturated carbocycles. The molecule has 2 heteroatoms. The number of hydrogen-bond acceptors (Lipinski definition) is 2. The van der Waals surface area contributed by atoms with Crippen LogP contribution in [0.4, 0.5) is 0 Å². The van der Waals surface area contributed by atoms with E-state index >= 15 is 0 Å². The smallest absolute Gasteiger partial charge is 0.311 e. The maximum Gasteiger partial charge on any atom is 0.311 e. The van der Waals surface area contributed by atoms with Crippen LogP contribution in [0.3, 0.4) is 0 Å². The molecule has 1 aromatic rings. The number of rotatable bonds is 16. The maximum atomic E-state index is 11.7. The Morgan fingerprint density at radius 1 is 0.760 bits per heavy atom. The molecular formula is C23H37O2. The summed E-state index contributed by atoms with van der Waals surface area (Å²) in [7, 11) is 0. The fourth-order valence-electron chi connectivity index (χ4n) is 3.09. The van der Waals surface area contributed by atoms with Crippen LogP contribution < -0.4 is 4.74 Å². The fourth-order valence-corrected chi connectivity index (χ4v) is 3.09. The Morgan fingerprint density at radius 3 is 1.68 bits per heavy atom. The van der Waals surface area contributed by atoms with E-state index in [9.17, 15) is 4.79 Å². The first-order valence-corrected chi connectivity index (χ1v) is 10.5. The second-order valence-electron chi connectivity index (χ2n) is 7.06. The molecule has 0 spiro atoms. The van der Waals surface area contributed by atoms with Crippen LogP contribution >= 0.6 is 0 Å². The van der Waals surface area contributed by atoms with Crippen molar-refractivity contribution in [3.05, 3.63) is 30.3 Å². The zero-order valence-corrected chi connectivity index (χ0v) is 16.2. The third-order valence-electron chi connectivity index (χ3n) is 4.65. The molecule has 0 aromatic heterocycles. The van der Waals surface area contributed by atoms with Gasteiger partial charge in [-0.2, -0.15) is 0 Å². The van der Waals surface area contributed by atoms with Gasteiger partial charge in [0.25, 0.3) is 0 Å². The highest BCUT2D eigenvalue weighted by Gasteiger charge is 2.03. The number of esters is 1. The molecule has 0 aliphatic carbocycles. The molecule has 0 atom stereocenters. The summed E-state index contributed by atoms with van der Waals surface area (Å²) in [6.45, 7) is 2.27. The molecular weight excluding hydrogens is 308 g/mol. The van der Waals surface area contributed by atoms with Crippen LogP contribution in [0.2, 0.25) is 0 Å². The van der Waals surface area contributed by atoms with Gasteiger partial charge in [-0.3, -0.25) is 4.79 Å². The molecule has 0 bridgehead atoms. The van der Waals surface area contributed by atoms with E-state index < -0.39 is 0 Å². The van der Waals surface area contributed by atoms with Gasteiger partial charge >= 0.3 is 5.97 Å². The molecule has 0 unspecified atom stereocenters. The Bertz CT molecular complexity index is 413. The van der Waals surface area contributed by atoms with Gasteiger partial charge in [0, 0.05) is 6.42 Å². The monoisotopic (exact) mass is 345 g/mol. The predicted octanol–water partition coefficient (Wildman–Crippen LogP) is 7.26. The van der Waals surface area contributed by atoms with E-state index in [0.29, 0.717) is 12.2 Å². The predicted molar refractivity (Wildman–Crippen MR) is 106 cm³/mol. The standard InChI is InChI=1S/C23H37O2/c1-2-3-4-5-6-7-8-9-10-11-12-13-14-18-21-23(24)25-22-19-16-15-17-20-22/h16-17,19-20H,2-14,18,21H2,1H3. The summed E-state index contributed by atoms with van der Waals surface area (Å²) in [4.78, 5) is 11.7. The van der Waals surface area contributed by atoms with Crippen molar-refractivity contribution in [3.8, 4) is 5.75 Å². The molecule has 141 valence electrons. The molecule has 0 saturated heterocycles. The third-order valence-corrected chi connectivity index (χ3v) is 4.65. The van der Waals surface area contributed by atoms with Crippen molar-refractivity contribution in [2.45, 2.75) is 103 Å². The first kappa shape index (κ1) is 21.7. The molecule has 2 nitrogen and oxygen atoms in total. The maximum absolute atomic E-state index is 11.7. The van der Waals surface area contributed by atoms with Crippen LogP contribution in [-0.4, -0.2) is 5.97 Å². The highest BCUT2D eigenvalue weighted by molar-refractivity contribution is 5.72. The van der Waals surface area contributed by atoms with Crippen LogP contribution in [0, 0.1) is 6.07 Å². The second-order valence-corrected chi connectivity index (χ2v) is 7.06. The van der Waals surface area contributed by atoms with Crippen LogP contribution in [0.1, 0.15) is 103 Å². The van der Waals surface area contributed by atoms with Crippen molar-refractivity contribution in [1.82, 2.24) is 0 Å². The summed E-state index contributed by atoms with van der Waals surface area (Å²) in [5.74, 6) is 0.499. The normalized spacial score (nSPS) is 10.8. The SMILES string of the molecule is CCCCCCCCCCCCCCCCC(=O)Oc1cc[c]cc1. The van der Waals surface area contributed by atoms with Crippen molar-refractivity contribution in [2.75, 3.05) is 0 Å². The van der Waals surface area contributed by atoms with Crippen LogP contribution in [-0.2, 0) is 4.79 Å². The minimum atomic E-state index is -0.120. The summed E-state index contributed by atoms with van der Waals surface area (Å²) in [6.07, 6.45) is 19.1. The van der Waals surface area contributed by atoms with Gasteiger partial charge < -0.3 is 4.74 Å². The molecule has 1 rings (SSSR count). The molecule has 0 amide bonds. The minimum absolute atomic E-state index is 0.120. The lowest BCUT2D eigenvalue weighted by atomic mass is 10.0. The molecule has 1 aromatic carbocycles. The molecule has 1 radical (unpaired) electrons. The van der Waals surface area contributed by atoms with Crippen molar-refractivity contribution in [3.63, 3.8) is 0 Å². The summed E-state index contributed by atoms with van der Waals surface area (Å²) in [5.41, 5.74) is 0. The average molecular weight is 346 g/mol. The topological polar surface area (TPSA) is 26.3 Å². The third kappa shape index (κ3) is 13.6. The first-order chi connectivity index (χ1) is 12.3. The Morgan fingerprint density at radius 2 is 1.20 bits per heavy atom. The molecule has 25 heavy (non-hydrogen) atoms. The average Bonchev–Trinajstić information content (AvgIpc) is 2.63. The van der Waals surface area contributed by atoms with Crippen molar-refractivity contribution in [1.29, 1.82) is 0 Å². The van der Waals surface area contributed by atoms with Gasteiger partial charge in [0.05, 0.1) is 0 Å². The largest absolute Gasteiger partial charge is 0.427 e. The molecule has 0 aliphatic rings. The van der Waals surface area contributed by atoms with E-state index in [1.807, 2.05) is 0 Å². The van der Waals surface area contributed by atoms with Gasteiger partial charge in [0.1, 0.15) is 5.75 Å². The van der Waals surface area contributed by atoms with E-state index in [2.05, 4.69) is 13.0 Å². The molecule has 0 fully saturated rings.